The van der Waals surface area contributed by atoms with E-state index in [0.717, 1.165) is 17.2 Å². The van der Waals surface area contributed by atoms with Crippen LogP contribution in [-0.4, -0.2) is 13.3 Å². The Morgan fingerprint density at radius 2 is 1.59 bits per heavy atom. The fourth-order valence-electron chi connectivity index (χ4n) is 2.12. The molecule has 0 aliphatic carbocycles. The van der Waals surface area contributed by atoms with Crippen molar-refractivity contribution < 1.29 is 13.3 Å². The molecule has 1 N–H and O–H groups in total. The molecular formula is C15H16N2O4S. The smallest absolute Gasteiger partial charge is 0.273 e. The summed E-state index contributed by atoms with van der Waals surface area (Å²) in [5.74, 6) is 0. The first-order valence-corrected chi connectivity index (χ1v) is 8.05. The van der Waals surface area contributed by atoms with Crippen molar-refractivity contribution in [2.75, 3.05) is 4.72 Å². The van der Waals surface area contributed by atoms with E-state index in [0.29, 0.717) is 11.3 Å². The molecule has 2 aromatic carbocycles. The fraction of sp³-hybridized carbons (Fsp3) is 0.200. The van der Waals surface area contributed by atoms with Crippen LogP contribution < -0.4 is 4.72 Å². The highest BCUT2D eigenvalue weighted by Crippen LogP contribution is 2.26. The minimum Gasteiger partial charge on any atom is -0.279 e. The monoisotopic (exact) mass is 320 g/mol. The molecule has 2 rings (SSSR count). The zero-order valence-corrected chi connectivity index (χ0v) is 13.3. The largest absolute Gasteiger partial charge is 0.279 e. The van der Waals surface area contributed by atoms with E-state index in [2.05, 4.69) is 4.72 Å². The number of hydrogen-bond acceptors (Lipinski definition) is 4. The zero-order chi connectivity index (χ0) is 16.5. The average Bonchev–Trinajstić information content (AvgIpc) is 2.43. The maximum atomic E-state index is 12.5. The first kappa shape index (κ1) is 16.0. The third kappa shape index (κ3) is 3.09. The highest BCUT2D eigenvalue weighted by Gasteiger charge is 2.21. The first-order valence-electron chi connectivity index (χ1n) is 6.56. The Balaban J connectivity index is 2.48. The van der Waals surface area contributed by atoms with Crippen LogP contribution in [0.25, 0.3) is 0 Å². The second kappa shape index (κ2) is 5.76. The Bertz CT molecular complexity index is 824. The van der Waals surface area contributed by atoms with E-state index < -0.39 is 14.9 Å². The van der Waals surface area contributed by atoms with Crippen LogP contribution in [0.3, 0.4) is 0 Å². The lowest BCUT2D eigenvalue weighted by molar-refractivity contribution is -0.385. The topological polar surface area (TPSA) is 89.3 Å². The molecule has 0 bridgehead atoms. The number of nitro groups is 1. The summed E-state index contributed by atoms with van der Waals surface area (Å²) >= 11 is 0. The predicted molar refractivity (Wildman–Crippen MR) is 84.6 cm³/mol. The van der Waals surface area contributed by atoms with Gasteiger partial charge in [0.1, 0.15) is 0 Å². The summed E-state index contributed by atoms with van der Waals surface area (Å²) in [6, 6.07) is 9.28. The molecular weight excluding hydrogens is 304 g/mol. The Morgan fingerprint density at radius 3 is 2.14 bits per heavy atom. The van der Waals surface area contributed by atoms with Gasteiger partial charge in [-0.15, -0.1) is 0 Å². The van der Waals surface area contributed by atoms with Crippen molar-refractivity contribution in [2.24, 2.45) is 0 Å². The number of nitrogens with one attached hydrogen (secondary N) is 1. The Kier molecular flexibility index (Phi) is 4.18. The molecule has 0 radical (unpaired) electrons. The summed E-state index contributed by atoms with van der Waals surface area (Å²) in [5.41, 5.74) is 2.25. The lowest BCUT2D eigenvalue weighted by Crippen LogP contribution is -2.15. The maximum Gasteiger partial charge on any atom is 0.273 e. The minimum absolute atomic E-state index is 0.132. The number of para-hydroxylation sites is 1. The van der Waals surface area contributed by atoms with Gasteiger partial charge >= 0.3 is 0 Å². The summed E-state index contributed by atoms with van der Waals surface area (Å²) in [6.45, 7) is 5.15. The number of aryl methyl sites for hydroxylation is 3. The number of sulfonamides is 1. The van der Waals surface area contributed by atoms with Gasteiger partial charge in [0, 0.05) is 11.6 Å². The second-order valence-electron chi connectivity index (χ2n) is 5.08. The molecule has 0 spiro atoms. The van der Waals surface area contributed by atoms with Crippen LogP contribution in [0.4, 0.5) is 11.4 Å². The normalized spacial score (nSPS) is 11.2. The maximum absolute atomic E-state index is 12.5. The summed E-state index contributed by atoms with van der Waals surface area (Å²) < 4.78 is 27.4. The molecule has 0 unspecified atom stereocenters. The van der Waals surface area contributed by atoms with Gasteiger partial charge in [0.2, 0.25) is 0 Å². The van der Waals surface area contributed by atoms with Gasteiger partial charge in [0.15, 0.2) is 0 Å². The molecule has 0 atom stereocenters. The van der Waals surface area contributed by atoms with Gasteiger partial charge in [-0.05, 0) is 38.0 Å². The number of nitrogens with zero attached hydrogens (tertiary/aromatic N) is 1. The number of hydrogen-bond donors (Lipinski definition) is 1. The minimum atomic E-state index is -3.89. The number of rotatable bonds is 4. The van der Waals surface area contributed by atoms with Gasteiger partial charge < -0.3 is 0 Å². The molecule has 0 fully saturated rings. The summed E-state index contributed by atoms with van der Waals surface area (Å²) in [5, 5.41) is 11.0. The highest BCUT2D eigenvalue weighted by molar-refractivity contribution is 7.92. The predicted octanol–water partition coefficient (Wildman–Crippen LogP) is 3.32. The number of anilines is 1. The molecule has 7 heteroatoms. The molecule has 2 aromatic rings. The van der Waals surface area contributed by atoms with Gasteiger partial charge in [-0.2, -0.15) is 0 Å². The van der Waals surface area contributed by atoms with Crippen LogP contribution in [0.5, 0.6) is 0 Å². The van der Waals surface area contributed by atoms with Crippen LogP contribution in [-0.2, 0) is 10.0 Å². The quantitative estimate of drug-likeness (QED) is 0.691. The van der Waals surface area contributed by atoms with Gasteiger partial charge in [-0.1, -0.05) is 24.3 Å². The second-order valence-corrected chi connectivity index (χ2v) is 6.76. The van der Waals surface area contributed by atoms with Gasteiger partial charge in [0.05, 0.1) is 15.5 Å². The van der Waals surface area contributed by atoms with Crippen molar-refractivity contribution in [3.05, 3.63) is 63.2 Å². The Hall–Kier alpha value is -2.41. The zero-order valence-electron chi connectivity index (χ0n) is 12.5. The molecule has 0 aliphatic rings. The Morgan fingerprint density at radius 1 is 1.00 bits per heavy atom. The standard InChI is InChI=1S/C15H16N2O4S/c1-10-7-8-13(9-14(10)17(18)19)22(20,21)16-15-11(2)5-4-6-12(15)3/h4-9,16H,1-3H3. The number of nitro benzene ring substituents is 1. The lowest BCUT2D eigenvalue weighted by atomic mass is 10.1. The highest BCUT2D eigenvalue weighted by atomic mass is 32.2. The van der Waals surface area contributed by atoms with Crippen molar-refractivity contribution in [3.63, 3.8) is 0 Å². The third-order valence-electron chi connectivity index (χ3n) is 3.41. The number of benzene rings is 2. The first-order chi connectivity index (χ1) is 10.2. The van der Waals surface area contributed by atoms with E-state index >= 15 is 0 Å². The molecule has 0 aliphatic heterocycles. The Labute approximate surface area is 129 Å². The van der Waals surface area contributed by atoms with Crippen LogP contribution >= 0.6 is 0 Å². The van der Waals surface area contributed by atoms with Crippen molar-refractivity contribution >= 4 is 21.4 Å². The van der Waals surface area contributed by atoms with Crippen LogP contribution in [0.15, 0.2) is 41.3 Å². The average molecular weight is 320 g/mol. The summed E-state index contributed by atoms with van der Waals surface area (Å²) in [7, 11) is -3.89. The molecule has 0 amide bonds. The molecule has 116 valence electrons. The molecule has 6 nitrogen and oxygen atoms in total. The molecule has 0 saturated heterocycles. The van der Waals surface area contributed by atoms with E-state index in [1.54, 1.807) is 32.9 Å². The van der Waals surface area contributed by atoms with Gasteiger partial charge in [-0.3, -0.25) is 14.8 Å². The molecule has 0 heterocycles. The van der Waals surface area contributed by atoms with E-state index in [1.165, 1.54) is 12.1 Å². The summed E-state index contributed by atoms with van der Waals surface area (Å²) in [6.07, 6.45) is 0. The van der Waals surface area contributed by atoms with Crippen molar-refractivity contribution in [3.8, 4) is 0 Å². The molecule has 0 aromatic heterocycles. The summed E-state index contributed by atoms with van der Waals surface area (Å²) in [4.78, 5) is 10.2. The van der Waals surface area contributed by atoms with Crippen LogP contribution in [0.2, 0.25) is 0 Å². The van der Waals surface area contributed by atoms with Crippen molar-refractivity contribution in [1.29, 1.82) is 0 Å². The molecule has 22 heavy (non-hydrogen) atoms. The van der Waals surface area contributed by atoms with Gasteiger partial charge in [0.25, 0.3) is 15.7 Å². The third-order valence-corrected chi connectivity index (χ3v) is 4.75. The molecule has 0 saturated carbocycles. The van der Waals surface area contributed by atoms with Crippen LogP contribution in [0, 0.1) is 30.9 Å². The fourth-order valence-corrected chi connectivity index (χ4v) is 3.34. The van der Waals surface area contributed by atoms with E-state index in [-0.39, 0.29) is 10.6 Å². The SMILES string of the molecule is Cc1ccc(S(=O)(=O)Nc2c(C)cccc2C)cc1[N+](=O)[O-]. The van der Waals surface area contributed by atoms with Crippen molar-refractivity contribution in [1.82, 2.24) is 0 Å². The van der Waals surface area contributed by atoms with Crippen LogP contribution in [0.1, 0.15) is 16.7 Å². The van der Waals surface area contributed by atoms with E-state index in [1.807, 2.05) is 6.07 Å². The van der Waals surface area contributed by atoms with Crippen molar-refractivity contribution in [2.45, 2.75) is 25.7 Å². The lowest BCUT2D eigenvalue weighted by Gasteiger charge is -2.13. The van der Waals surface area contributed by atoms with Gasteiger partial charge in [-0.25, -0.2) is 8.42 Å². The van der Waals surface area contributed by atoms with E-state index in [4.69, 9.17) is 0 Å². The van der Waals surface area contributed by atoms with E-state index in [9.17, 15) is 18.5 Å².